The predicted molar refractivity (Wildman–Crippen MR) is 51.6 cm³/mol. The van der Waals surface area contributed by atoms with Crippen molar-refractivity contribution in [2.75, 3.05) is 14.2 Å². The quantitative estimate of drug-likeness (QED) is 0.632. The van der Waals surface area contributed by atoms with Gasteiger partial charge in [-0.05, 0) is 11.8 Å². The van der Waals surface area contributed by atoms with Crippen LogP contribution in [-0.2, 0) is 19.1 Å². The van der Waals surface area contributed by atoms with Gasteiger partial charge in [-0.1, -0.05) is 13.8 Å². The van der Waals surface area contributed by atoms with Gasteiger partial charge in [0.15, 0.2) is 0 Å². The molecule has 0 N–H and O–H groups in total. The Morgan fingerprint density at radius 3 is 1.43 bits per heavy atom. The van der Waals surface area contributed by atoms with Gasteiger partial charge in [-0.3, -0.25) is 9.59 Å². The van der Waals surface area contributed by atoms with Gasteiger partial charge in [0.1, 0.15) is 0 Å². The van der Waals surface area contributed by atoms with Gasteiger partial charge in [-0.15, -0.1) is 0 Å². The van der Waals surface area contributed by atoms with E-state index >= 15 is 0 Å². The van der Waals surface area contributed by atoms with Crippen LogP contribution in [0, 0.1) is 11.8 Å². The summed E-state index contributed by atoms with van der Waals surface area (Å²) in [6.45, 7) is 3.84. The SMILES string of the molecule is COC(=O)CC(C)C(C)CC(=O)OC. The Labute approximate surface area is 84.6 Å². The summed E-state index contributed by atoms with van der Waals surface area (Å²) in [5.41, 5.74) is 0. The predicted octanol–water partition coefficient (Wildman–Crippen LogP) is 1.38. The molecule has 0 radical (unpaired) electrons. The first-order valence-electron chi connectivity index (χ1n) is 4.64. The zero-order valence-corrected chi connectivity index (χ0v) is 9.20. The molecule has 4 nitrogen and oxygen atoms in total. The fourth-order valence-electron chi connectivity index (χ4n) is 1.09. The number of carbonyl (C=O) groups is 2. The smallest absolute Gasteiger partial charge is 0.305 e. The molecule has 0 heterocycles. The van der Waals surface area contributed by atoms with E-state index in [1.807, 2.05) is 13.8 Å². The molecular formula is C10H18O4. The highest BCUT2D eigenvalue weighted by Gasteiger charge is 2.19. The number of rotatable bonds is 5. The van der Waals surface area contributed by atoms with Crippen molar-refractivity contribution in [3.63, 3.8) is 0 Å². The van der Waals surface area contributed by atoms with Crippen LogP contribution in [0.3, 0.4) is 0 Å². The second-order valence-electron chi connectivity index (χ2n) is 3.52. The van der Waals surface area contributed by atoms with Crippen molar-refractivity contribution in [1.29, 1.82) is 0 Å². The molecule has 2 unspecified atom stereocenters. The standard InChI is InChI=1S/C10H18O4/c1-7(5-9(11)13-3)8(2)6-10(12)14-4/h7-8H,5-6H2,1-4H3. The monoisotopic (exact) mass is 202 g/mol. The van der Waals surface area contributed by atoms with Crippen molar-refractivity contribution >= 4 is 11.9 Å². The third-order valence-electron chi connectivity index (χ3n) is 2.40. The van der Waals surface area contributed by atoms with Crippen molar-refractivity contribution in [2.45, 2.75) is 26.7 Å². The lowest BCUT2D eigenvalue weighted by Crippen LogP contribution is -2.17. The summed E-state index contributed by atoms with van der Waals surface area (Å²) >= 11 is 0. The maximum atomic E-state index is 10.9. The molecule has 2 atom stereocenters. The Morgan fingerprint density at radius 2 is 1.21 bits per heavy atom. The third-order valence-corrected chi connectivity index (χ3v) is 2.40. The second kappa shape index (κ2) is 6.40. The van der Waals surface area contributed by atoms with Crippen LogP contribution >= 0.6 is 0 Å². The van der Waals surface area contributed by atoms with Gasteiger partial charge >= 0.3 is 11.9 Å². The lowest BCUT2D eigenvalue weighted by atomic mass is 9.90. The second-order valence-corrected chi connectivity index (χ2v) is 3.52. The zero-order valence-electron chi connectivity index (χ0n) is 9.20. The van der Waals surface area contributed by atoms with Gasteiger partial charge in [0.05, 0.1) is 14.2 Å². The summed E-state index contributed by atoms with van der Waals surface area (Å²) in [6.07, 6.45) is 0.684. The zero-order chi connectivity index (χ0) is 11.1. The van der Waals surface area contributed by atoms with E-state index in [-0.39, 0.29) is 23.8 Å². The number of carbonyl (C=O) groups excluding carboxylic acids is 2. The molecule has 0 rings (SSSR count). The summed E-state index contributed by atoms with van der Waals surface area (Å²) in [7, 11) is 2.72. The number of methoxy groups -OCH3 is 2. The van der Waals surface area contributed by atoms with E-state index in [1.54, 1.807) is 0 Å². The normalized spacial score (nSPS) is 14.3. The van der Waals surface area contributed by atoms with Crippen LogP contribution in [0.1, 0.15) is 26.7 Å². The largest absolute Gasteiger partial charge is 0.469 e. The third kappa shape index (κ3) is 4.84. The van der Waals surface area contributed by atoms with E-state index in [1.165, 1.54) is 14.2 Å². The molecule has 0 spiro atoms. The molecule has 4 heteroatoms. The Kier molecular flexibility index (Phi) is 5.92. The molecule has 0 amide bonds. The first-order valence-corrected chi connectivity index (χ1v) is 4.64. The van der Waals surface area contributed by atoms with Crippen LogP contribution in [-0.4, -0.2) is 26.2 Å². The van der Waals surface area contributed by atoms with Crippen molar-refractivity contribution in [2.24, 2.45) is 11.8 Å². The van der Waals surface area contributed by atoms with E-state index in [2.05, 4.69) is 9.47 Å². The summed E-state index contributed by atoms with van der Waals surface area (Å²) in [6, 6.07) is 0. The molecule has 82 valence electrons. The van der Waals surface area contributed by atoms with Crippen LogP contribution in [0.4, 0.5) is 0 Å². The maximum Gasteiger partial charge on any atom is 0.305 e. The minimum absolute atomic E-state index is 0.126. The summed E-state index contributed by atoms with van der Waals surface area (Å²) in [4.78, 5) is 21.9. The highest BCUT2D eigenvalue weighted by molar-refractivity contribution is 5.71. The Balaban J connectivity index is 3.92. The molecule has 0 aromatic rings. The van der Waals surface area contributed by atoms with Crippen molar-refractivity contribution in [3.8, 4) is 0 Å². The summed E-state index contributed by atoms with van der Waals surface area (Å²) in [5, 5.41) is 0. The van der Waals surface area contributed by atoms with E-state index in [0.29, 0.717) is 12.8 Å². The molecule has 0 aromatic carbocycles. The molecule has 0 aliphatic carbocycles. The van der Waals surface area contributed by atoms with E-state index in [4.69, 9.17) is 0 Å². The molecule has 0 aromatic heterocycles. The molecule has 0 aliphatic rings. The van der Waals surface area contributed by atoms with Crippen LogP contribution in [0.25, 0.3) is 0 Å². The maximum absolute atomic E-state index is 10.9. The minimum atomic E-state index is -0.241. The van der Waals surface area contributed by atoms with Gasteiger partial charge in [0, 0.05) is 12.8 Å². The highest BCUT2D eigenvalue weighted by Crippen LogP contribution is 2.19. The first-order chi connectivity index (χ1) is 6.51. The molecular weight excluding hydrogens is 184 g/mol. The highest BCUT2D eigenvalue weighted by atomic mass is 16.5. The number of hydrogen-bond donors (Lipinski definition) is 0. The average molecular weight is 202 g/mol. The first kappa shape index (κ1) is 12.9. The van der Waals surface area contributed by atoms with Gasteiger partial charge in [-0.25, -0.2) is 0 Å². The molecule has 0 saturated heterocycles. The molecule has 0 saturated carbocycles. The van der Waals surface area contributed by atoms with Gasteiger partial charge in [0.25, 0.3) is 0 Å². The molecule has 14 heavy (non-hydrogen) atoms. The van der Waals surface area contributed by atoms with Crippen LogP contribution < -0.4 is 0 Å². The van der Waals surface area contributed by atoms with Gasteiger partial charge < -0.3 is 9.47 Å². The number of esters is 2. The molecule has 0 aliphatic heterocycles. The molecule has 0 fully saturated rings. The van der Waals surface area contributed by atoms with Crippen molar-refractivity contribution < 1.29 is 19.1 Å². The number of ether oxygens (including phenoxy) is 2. The summed E-state index contributed by atoms with van der Waals surface area (Å²) in [5.74, 6) is -0.230. The Hall–Kier alpha value is -1.06. The van der Waals surface area contributed by atoms with E-state index < -0.39 is 0 Å². The number of hydrogen-bond acceptors (Lipinski definition) is 4. The Morgan fingerprint density at radius 1 is 0.929 bits per heavy atom. The minimum Gasteiger partial charge on any atom is -0.469 e. The van der Waals surface area contributed by atoms with Crippen molar-refractivity contribution in [1.82, 2.24) is 0 Å². The Bertz CT molecular complexity index is 178. The lowest BCUT2D eigenvalue weighted by Gasteiger charge is -2.17. The topological polar surface area (TPSA) is 52.6 Å². The van der Waals surface area contributed by atoms with Crippen LogP contribution in [0.5, 0.6) is 0 Å². The van der Waals surface area contributed by atoms with E-state index in [0.717, 1.165) is 0 Å². The summed E-state index contributed by atoms with van der Waals surface area (Å²) < 4.78 is 9.09. The van der Waals surface area contributed by atoms with Gasteiger partial charge in [0.2, 0.25) is 0 Å². The fraction of sp³-hybridized carbons (Fsp3) is 0.800. The van der Waals surface area contributed by atoms with Crippen LogP contribution in [0.2, 0.25) is 0 Å². The average Bonchev–Trinajstić information content (AvgIpc) is 2.17. The fourth-order valence-corrected chi connectivity index (χ4v) is 1.09. The molecule has 0 bridgehead atoms. The van der Waals surface area contributed by atoms with Gasteiger partial charge in [-0.2, -0.15) is 0 Å². The van der Waals surface area contributed by atoms with E-state index in [9.17, 15) is 9.59 Å². The lowest BCUT2D eigenvalue weighted by molar-refractivity contribution is -0.145. The van der Waals surface area contributed by atoms with Crippen molar-refractivity contribution in [3.05, 3.63) is 0 Å². The van der Waals surface area contributed by atoms with Crippen LogP contribution in [0.15, 0.2) is 0 Å².